The number of fused-ring (bicyclic) bond motifs is 9. The highest BCUT2D eigenvalue weighted by Gasteiger charge is 2.63. The fraction of sp³-hybridized carbons (Fsp3) is 0.938. The van der Waals surface area contributed by atoms with Gasteiger partial charge in [0.15, 0.2) is 6.10 Å². The molecule has 4 saturated carbocycles. The molecule has 118 valence electrons. The van der Waals surface area contributed by atoms with Crippen LogP contribution in [0.4, 0.5) is 13.2 Å². The van der Waals surface area contributed by atoms with Gasteiger partial charge in [-0.1, -0.05) is 0 Å². The fourth-order valence-corrected chi connectivity index (χ4v) is 6.16. The molecule has 21 heavy (non-hydrogen) atoms. The molecule has 0 radical (unpaired) electrons. The number of hydrogen-bond donors (Lipinski definition) is 0. The van der Waals surface area contributed by atoms with E-state index >= 15 is 0 Å². The molecule has 0 amide bonds. The number of alkyl halides is 3. The van der Waals surface area contributed by atoms with Crippen molar-refractivity contribution in [1.82, 2.24) is 0 Å². The second-order valence-electron chi connectivity index (χ2n) is 7.61. The van der Waals surface area contributed by atoms with Gasteiger partial charge in [0.1, 0.15) is 0 Å². The predicted molar refractivity (Wildman–Crippen MR) is 69.1 cm³/mol. The minimum Gasteiger partial charge on any atom is -0.453 e. The van der Waals surface area contributed by atoms with Crippen molar-refractivity contribution >= 4 is 5.97 Å². The number of halogens is 3. The van der Waals surface area contributed by atoms with E-state index in [-0.39, 0.29) is 5.92 Å². The van der Waals surface area contributed by atoms with Gasteiger partial charge < -0.3 is 4.74 Å². The van der Waals surface area contributed by atoms with E-state index in [1.54, 1.807) is 0 Å². The van der Waals surface area contributed by atoms with E-state index < -0.39 is 18.2 Å². The molecule has 0 N–H and O–H groups in total. The number of rotatable bonds is 2. The molecule has 4 aliphatic carbocycles. The molecule has 8 atom stereocenters. The first-order valence-electron chi connectivity index (χ1n) is 8.13. The summed E-state index contributed by atoms with van der Waals surface area (Å²) in [6, 6.07) is 0. The Balaban J connectivity index is 1.46. The molecule has 4 aliphatic rings. The van der Waals surface area contributed by atoms with Crippen LogP contribution in [0.25, 0.3) is 0 Å². The van der Waals surface area contributed by atoms with Crippen molar-refractivity contribution in [3.63, 3.8) is 0 Å². The van der Waals surface area contributed by atoms with E-state index in [1.165, 1.54) is 19.3 Å². The highest BCUT2D eigenvalue weighted by Crippen LogP contribution is 2.68. The minimum atomic E-state index is -4.46. The van der Waals surface area contributed by atoms with Crippen molar-refractivity contribution in [2.45, 2.75) is 51.3 Å². The Morgan fingerprint density at radius 3 is 2.38 bits per heavy atom. The van der Waals surface area contributed by atoms with Crippen LogP contribution in [0.2, 0.25) is 0 Å². The first kappa shape index (κ1) is 13.9. The van der Waals surface area contributed by atoms with Gasteiger partial charge in [-0.25, -0.2) is 0 Å². The summed E-state index contributed by atoms with van der Waals surface area (Å²) in [6.45, 7) is 0.922. The zero-order valence-corrected chi connectivity index (χ0v) is 12.1. The second-order valence-corrected chi connectivity index (χ2v) is 7.61. The van der Waals surface area contributed by atoms with Crippen LogP contribution in [0.1, 0.15) is 39.0 Å². The Labute approximate surface area is 122 Å². The van der Waals surface area contributed by atoms with Crippen LogP contribution in [0.15, 0.2) is 0 Å². The summed E-state index contributed by atoms with van der Waals surface area (Å²) in [5.41, 5.74) is 0. The minimum absolute atomic E-state index is 0.277. The molecule has 0 aromatic carbocycles. The molecule has 4 fully saturated rings. The summed E-state index contributed by atoms with van der Waals surface area (Å²) < 4.78 is 42.3. The molecule has 4 rings (SSSR count). The van der Waals surface area contributed by atoms with Crippen LogP contribution >= 0.6 is 0 Å². The number of carbonyl (C=O) groups is 1. The third-order valence-electron chi connectivity index (χ3n) is 6.79. The molecule has 5 heteroatoms. The fourth-order valence-electron chi connectivity index (χ4n) is 6.16. The average molecular weight is 302 g/mol. The lowest BCUT2D eigenvalue weighted by molar-refractivity contribution is -0.219. The summed E-state index contributed by atoms with van der Waals surface area (Å²) >= 11 is 0. The summed E-state index contributed by atoms with van der Waals surface area (Å²) in [4.78, 5) is 12.2. The van der Waals surface area contributed by atoms with Crippen LogP contribution in [0.5, 0.6) is 0 Å². The summed E-state index contributed by atoms with van der Waals surface area (Å²) in [7, 11) is 0. The van der Waals surface area contributed by atoms with E-state index in [2.05, 4.69) is 0 Å². The number of hydrogen-bond acceptors (Lipinski definition) is 2. The van der Waals surface area contributed by atoms with Gasteiger partial charge in [-0.15, -0.1) is 0 Å². The topological polar surface area (TPSA) is 26.3 Å². The van der Waals surface area contributed by atoms with Crippen molar-refractivity contribution in [3.8, 4) is 0 Å². The SMILES string of the molecule is CC(OC(=O)C1CC2CC1C1C3CCC(C3)C21)C(F)(F)F. The van der Waals surface area contributed by atoms with Gasteiger partial charge >= 0.3 is 12.1 Å². The molecule has 8 unspecified atom stereocenters. The molecule has 0 heterocycles. The zero-order chi connectivity index (χ0) is 14.9. The van der Waals surface area contributed by atoms with Gasteiger partial charge in [0.05, 0.1) is 5.92 Å². The molecule has 2 nitrogen and oxygen atoms in total. The van der Waals surface area contributed by atoms with Gasteiger partial charge in [-0.2, -0.15) is 13.2 Å². The lowest BCUT2D eigenvalue weighted by Gasteiger charge is -2.38. The van der Waals surface area contributed by atoms with E-state index in [9.17, 15) is 18.0 Å². The number of esters is 1. The molecular weight excluding hydrogens is 281 g/mol. The lowest BCUT2D eigenvalue weighted by Crippen LogP contribution is -2.39. The Kier molecular flexibility index (Phi) is 2.90. The maximum Gasteiger partial charge on any atom is 0.425 e. The average Bonchev–Trinajstić information content (AvgIpc) is 3.15. The van der Waals surface area contributed by atoms with Crippen LogP contribution in [0.3, 0.4) is 0 Å². The van der Waals surface area contributed by atoms with Gasteiger partial charge in [0.25, 0.3) is 0 Å². The molecule has 0 aromatic rings. The van der Waals surface area contributed by atoms with Crippen molar-refractivity contribution in [2.24, 2.45) is 41.4 Å². The maximum atomic E-state index is 12.5. The van der Waals surface area contributed by atoms with E-state index in [0.29, 0.717) is 17.8 Å². The summed E-state index contributed by atoms with van der Waals surface area (Å²) in [5.74, 6) is 2.90. The summed E-state index contributed by atoms with van der Waals surface area (Å²) in [5, 5.41) is 0. The van der Waals surface area contributed by atoms with Crippen molar-refractivity contribution in [1.29, 1.82) is 0 Å². The predicted octanol–water partition coefficient (Wildman–Crippen LogP) is 3.80. The molecular formula is C16H21F3O2. The Morgan fingerprint density at radius 1 is 1.05 bits per heavy atom. The smallest absolute Gasteiger partial charge is 0.425 e. The quantitative estimate of drug-likeness (QED) is 0.573. The van der Waals surface area contributed by atoms with E-state index in [4.69, 9.17) is 4.74 Å². The molecule has 0 saturated heterocycles. The van der Waals surface area contributed by atoms with Crippen molar-refractivity contribution in [2.75, 3.05) is 0 Å². The zero-order valence-electron chi connectivity index (χ0n) is 12.1. The van der Waals surface area contributed by atoms with Crippen LogP contribution < -0.4 is 0 Å². The third kappa shape index (κ3) is 1.95. The standard InChI is InChI=1S/C16H21F3O2/c1-7(16(17,18)19)21-15(20)12-6-10-5-11(12)14-9-3-2-8(4-9)13(10)14/h7-14H,2-6H2,1H3. The largest absolute Gasteiger partial charge is 0.453 e. The molecule has 0 aromatic heterocycles. The van der Waals surface area contributed by atoms with E-state index in [1.807, 2.05) is 0 Å². The first-order valence-corrected chi connectivity index (χ1v) is 8.13. The van der Waals surface area contributed by atoms with Crippen molar-refractivity contribution < 1.29 is 22.7 Å². The molecule has 4 bridgehead atoms. The maximum absolute atomic E-state index is 12.5. The number of ether oxygens (including phenoxy) is 1. The van der Waals surface area contributed by atoms with Gasteiger partial charge in [0, 0.05) is 0 Å². The van der Waals surface area contributed by atoms with Gasteiger partial charge in [0.2, 0.25) is 0 Å². The Hall–Kier alpha value is -0.740. The summed E-state index contributed by atoms with van der Waals surface area (Å²) in [6.07, 6.45) is -0.753. The lowest BCUT2D eigenvalue weighted by atomic mass is 9.67. The third-order valence-corrected chi connectivity index (χ3v) is 6.79. The Morgan fingerprint density at radius 2 is 1.71 bits per heavy atom. The van der Waals surface area contributed by atoms with Gasteiger partial charge in [-0.3, -0.25) is 4.79 Å². The van der Waals surface area contributed by atoms with E-state index in [0.717, 1.165) is 37.5 Å². The number of carbonyl (C=O) groups excluding carboxylic acids is 1. The second kappa shape index (κ2) is 4.39. The highest BCUT2D eigenvalue weighted by molar-refractivity contribution is 5.74. The van der Waals surface area contributed by atoms with Crippen LogP contribution in [0, 0.1) is 41.4 Å². The van der Waals surface area contributed by atoms with Crippen LogP contribution in [-0.2, 0) is 9.53 Å². The van der Waals surface area contributed by atoms with Crippen LogP contribution in [-0.4, -0.2) is 18.2 Å². The highest BCUT2D eigenvalue weighted by atomic mass is 19.4. The molecule has 0 spiro atoms. The molecule has 0 aliphatic heterocycles. The Bertz CT molecular complexity index is 461. The monoisotopic (exact) mass is 302 g/mol. The van der Waals surface area contributed by atoms with Gasteiger partial charge in [-0.05, 0) is 74.5 Å². The first-order chi connectivity index (χ1) is 9.86. The normalized spacial score (nSPS) is 48.5. The van der Waals surface area contributed by atoms with Crippen molar-refractivity contribution in [3.05, 3.63) is 0 Å².